The molecular formula is C14H29O6P. The van der Waals surface area contributed by atoms with E-state index in [0.29, 0.717) is 19.6 Å². The van der Waals surface area contributed by atoms with E-state index >= 15 is 0 Å². The van der Waals surface area contributed by atoms with E-state index < -0.39 is 13.0 Å². The van der Waals surface area contributed by atoms with Gasteiger partial charge in [-0.15, -0.1) is 0 Å². The van der Waals surface area contributed by atoms with Gasteiger partial charge in [-0.2, -0.15) is 0 Å². The van der Waals surface area contributed by atoms with Crippen molar-refractivity contribution in [1.29, 1.82) is 0 Å². The Hall–Kier alpha value is -0.420. The Kier molecular flexibility index (Phi) is 8.11. The van der Waals surface area contributed by atoms with Crippen LogP contribution in [0.1, 0.15) is 47.5 Å². The van der Waals surface area contributed by atoms with Gasteiger partial charge in [-0.25, -0.2) is 0 Å². The summed E-state index contributed by atoms with van der Waals surface area (Å²) in [5.41, 5.74) is -0.942. The summed E-state index contributed by atoms with van der Waals surface area (Å²) in [7, 11) is -4.07. The topological polar surface area (TPSA) is 93.1 Å². The molecule has 0 rings (SSSR count). The summed E-state index contributed by atoms with van der Waals surface area (Å²) in [4.78, 5) is 29.7. The predicted octanol–water partition coefficient (Wildman–Crippen LogP) is 2.58. The lowest BCUT2D eigenvalue weighted by molar-refractivity contribution is -0.146. The van der Waals surface area contributed by atoms with Crippen molar-refractivity contribution in [3.63, 3.8) is 0 Å². The summed E-state index contributed by atoms with van der Waals surface area (Å²) in [5, 5.41) is 0. The largest absolute Gasteiger partial charge is 0.466 e. The molecule has 1 atom stereocenters. The predicted molar refractivity (Wildman–Crippen MR) is 81.2 cm³/mol. The van der Waals surface area contributed by atoms with E-state index in [1.165, 1.54) is 0 Å². The summed E-state index contributed by atoms with van der Waals surface area (Å²) >= 11 is 0. The lowest BCUT2D eigenvalue weighted by Gasteiger charge is -2.30. The first-order valence-electron chi connectivity index (χ1n) is 7.21. The third-order valence-corrected chi connectivity index (χ3v) is 4.49. The highest BCUT2D eigenvalue weighted by molar-refractivity contribution is 7.51. The molecule has 0 saturated carbocycles. The molecule has 0 amide bonds. The second-order valence-electron chi connectivity index (χ2n) is 6.63. The summed E-state index contributed by atoms with van der Waals surface area (Å²) in [6, 6.07) is 0. The normalized spacial score (nSPS) is 15.6. The number of ether oxygens (including phenoxy) is 2. The second kappa shape index (κ2) is 8.28. The van der Waals surface area contributed by atoms with Crippen LogP contribution in [0.3, 0.4) is 0 Å². The molecule has 0 aliphatic rings. The molecule has 126 valence electrons. The van der Waals surface area contributed by atoms with Crippen LogP contribution in [0.4, 0.5) is 0 Å². The maximum Gasteiger partial charge on any atom is 0.326 e. The summed E-state index contributed by atoms with van der Waals surface area (Å²) < 4.78 is 21.7. The van der Waals surface area contributed by atoms with Gasteiger partial charge in [-0.05, 0) is 18.8 Å². The van der Waals surface area contributed by atoms with Crippen molar-refractivity contribution in [1.82, 2.24) is 0 Å². The third kappa shape index (κ3) is 10.0. The van der Waals surface area contributed by atoms with Crippen molar-refractivity contribution >= 4 is 13.6 Å². The molecule has 6 nitrogen and oxygen atoms in total. The molecule has 0 saturated heterocycles. The van der Waals surface area contributed by atoms with E-state index in [1.54, 1.807) is 13.8 Å². The Morgan fingerprint density at radius 2 is 1.71 bits per heavy atom. The van der Waals surface area contributed by atoms with Crippen LogP contribution in [0.25, 0.3) is 0 Å². The molecule has 0 fully saturated rings. The Labute approximate surface area is 127 Å². The third-order valence-electron chi connectivity index (χ3n) is 3.31. The van der Waals surface area contributed by atoms with E-state index in [4.69, 9.17) is 19.3 Å². The maximum atomic E-state index is 11.5. The van der Waals surface area contributed by atoms with Crippen molar-refractivity contribution in [3.05, 3.63) is 0 Å². The monoisotopic (exact) mass is 324 g/mol. The SMILES string of the molecule is CCOC(=O)CC(C)(C)COCC(C)(CC)CP(=O)(O)O. The number of esters is 1. The van der Waals surface area contributed by atoms with Gasteiger partial charge in [-0.3, -0.25) is 9.36 Å². The molecule has 2 N–H and O–H groups in total. The number of carbonyl (C=O) groups excluding carboxylic acids is 1. The van der Waals surface area contributed by atoms with Crippen molar-refractivity contribution < 1.29 is 28.6 Å². The van der Waals surface area contributed by atoms with E-state index in [2.05, 4.69) is 0 Å². The van der Waals surface area contributed by atoms with Crippen LogP contribution in [-0.4, -0.2) is 41.7 Å². The van der Waals surface area contributed by atoms with Crippen LogP contribution in [0.5, 0.6) is 0 Å². The Bertz CT molecular complexity index is 376. The first kappa shape index (κ1) is 20.6. The Morgan fingerprint density at radius 1 is 1.14 bits per heavy atom. The zero-order valence-electron chi connectivity index (χ0n) is 13.7. The molecule has 0 heterocycles. The zero-order valence-corrected chi connectivity index (χ0v) is 14.6. The van der Waals surface area contributed by atoms with Crippen LogP contribution >= 0.6 is 7.60 Å². The highest BCUT2D eigenvalue weighted by atomic mass is 31.2. The van der Waals surface area contributed by atoms with E-state index in [-0.39, 0.29) is 30.6 Å². The van der Waals surface area contributed by atoms with Crippen molar-refractivity contribution in [2.75, 3.05) is 26.0 Å². The molecule has 1 unspecified atom stereocenters. The van der Waals surface area contributed by atoms with Crippen molar-refractivity contribution in [2.45, 2.75) is 47.5 Å². The fourth-order valence-corrected chi connectivity index (χ4v) is 3.29. The fraction of sp³-hybridized carbons (Fsp3) is 0.929. The molecule has 0 radical (unpaired) electrons. The molecule has 0 aromatic heterocycles. The highest BCUT2D eigenvalue weighted by Crippen LogP contribution is 2.43. The molecule has 0 bridgehead atoms. The van der Waals surface area contributed by atoms with Gasteiger partial charge in [0.25, 0.3) is 0 Å². The van der Waals surface area contributed by atoms with Gasteiger partial charge in [0, 0.05) is 5.41 Å². The van der Waals surface area contributed by atoms with E-state index in [1.807, 2.05) is 20.8 Å². The number of carbonyl (C=O) groups is 1. The molecule has 0 aromatic carbocycles. The molecule has 0 aliphatic carbocycles. The van der Waals surface area contributed by atoms with Gasteiger partial charge in [0.05, 0.1) is 32.4 Å². The second-order valence-corrected chi connectivity index (χ2v) is 8.27. The Morgan fingerprint density at radius 3 is 2.14 bits per heavy atom. The smallest absolute Gasteiger partial charge is 0.326 e. The Balaban J connectivity index is 4.37. The van der Waals surface area contributed by atoms with E-state index in [0.717, 1.165) is 0 Å². The molecule has 7 heteroatoms. The minimum atomic E-state index is -4.07. The quantitative estimate of drug-likeness (QED) is 0.474. The first-order chi connectivity index (χ1) is 9.43. The summed E-state index contributed by atoms with van der Waals surface area (Å²) in [6.45, 7) is 10.2. The van der Waals surface area contributed by atoms with Crippen LogP contribution in [0.15, 0.2) is 0 Å². The minimum Gasteiger partial charge on any atom is -0.466 e. The number of hydrogen-bond acceptors (Lipinski definition) is 4. The molecule has 0 aromatic rings. The number of rotatable bonds is 10. The van der Waals surface area contributed by atoms with Gasteiger partial charge >= 0.3 is 13.6 Å². The van der Waals surface area contributed by atoms with Gasteiger partial charge in [-0.1, -0.05) is 27.7 Å². The van der Waals surface area contributed by atoms with Gasteiger partial charge in [0.2, 0.25) is 0 Å². The van der Waals surface area contributed by atoms with Crippen LogP contribution in [0, 0.1) is 10.8 Å². The lowest BCUT2D eigenvalue weighted by Crippen LogP contribution is -2.31. The van der Waals surface area contributed by atoms with Gasteiger partial charge in [0.1, 0.15) is 0 Å². The lowest BCUT2D eigenvalue weighted by atomic mass is 9.89. The van der Waals surface area contributed by atoms with Gasteiger partial charge < -0.3 is 19.3 Å². The van der Waals surface area contributed by atoms with Gasteiger partial charge in [0.15, 0.2) is 0 Å². The maximum absolute atomic E-state index is 11.5. The molecule has 0 spiro atoms. The van der Waals surface area contributed by atoms with E-state index in [9.17, 15) is 9.36 Å². The van der Waals surface area contributed by atoms with Crippen molar-refractivity contribution in [2.24, 2.45) is 10.8 Å². The summed E-state index contributed by atoms with van der Waals surface area (Å²) in [6.07, 6.45) is 0.660. The van der Waals surface area contributed by atoms with Crippen LogP contribution in [-0.2, 0) is 18.8 Å². The fourth-order valence-electron chi connectivity index (χ4n) is 1.98. The molecule has 21 heavy (non-hydrogen) atoms. The highest BCUT2D eigenvalue weighted by Gasteiger charge is 2.32. The average molecular weight is 324 g/mol. The molecular weight excluding hydrogens is 295 g/mol. The minimum absolute atomic E-state index is 0.200. The summed E-state index contributed by atoms with van der Waals surface area (Å²) in [5.74, 6) is -0.264. The van der Waals surface area contributed by atoms with Crippen LogP contribution in [0.2, 0.25) is 0 Å². The average Bonchev–Trinajstić information content (AvgIpc) is 2.25. The standard InChI is InChI=1S/C14H29O6P/c1-6-14(5,11-21(16,17)18)10-19-9-13(3,4)8-12(15)20-7-2/h6-11H2,1-5H3,(H2,16,17,18). The van der Waals surface area contributed by atoms with Crippen molar-refractivity contribution in [3.8, 4) is 0 Å². The molecule has 0 aliphatic heterocycles. The zero-order chi connectivity index (χ0) is 16.7. The van der Waals surface area contributed by atoms with Crippen LogP contribution < -0.4 is 0 Å². The number of hydrogen-bond donors (Lipinski definition) is 2. The first-order valence-corrected chi connectivity index (χ1v) is 9.01.